The zero-order valence-electron chi connectivity index (χ0n) is 14.0. The third kappa shape index (κ3) is 2.58. The second-order valence-electron chi connectivity index (χ2n) is 6.57. The topological polar surface area (TPSA) is 0 Å². The van der Waals surface area contributed by atoms with Gasteiger partial charge in [-0.2, -0.15) is 0 Å². The van der Waals surface area contributed by atoms with Crippen LogP contribution in [-0.4, -0.2) is 13.3 Å². The number of halogens is 2. The Morgan fingerprint density at radius 3 is 2.26 bits per heavy atom. The van der Waals surface area contributed by atoms with Gasteiger partial charge in [0.2, 0.25) is 0 Å². The van der Waals surface area contributed by atoms with Crippen LogP contribution < -0.4 is 9.41 Å². The van der Waals surface area contributed by atoms with Crippen LogP contribution in [-0.2, 0) is 15.6 Å². The summed E-state index contributed by atoms with van der Waals surface area (Å²) in [5.74, 6) is 0. The Balaban J connectivity index is 0.000000960. The standard InChI is InChI=1S/C9H7.C7H9.C2H6P2.2FH.Ti/c1-2-5-9-7-3-6-8(9)4-1;1-6-3-4-7(2)5-6;1-3-4-2;;;/h1-7H;5H,3H2,1-2H3;1-2H3;2*1H;/q;;-2;;;+4/p-2. The molecule has 23 heavy (non-hydrogen) atoms. The summed E-state index contributed by atoms with van der Waals surface area (Å²) in [5, 5.41) is 0. The molecule has 2 aliphatic carbocycles. The SMILES string of the molecule is CC1=CC(C)=[C]([Ti+2]2([CH]3C=Cc4ccccc43)[P](C)[P]2C)C1.[F-].[F-]. The van der Waals surface area contributed by atoms with Crippen LogP contribution in [0.5, 0.6) is 0 Å². The molecular formula is C18H22F2P2Ti. The summed E-state index contributed by atoms with van der Waals surface area (Å²) >= 11 is -1.90. The molecule has 3 atom stereocenters. The van der Waals surface area contributed by atoms with Crippen molar-refractivity contribution < 1.29 is 25.0 Å². The molecule has 1 aromatic carbocycles. The van der Waals surface area contributed by atoms with E-state index in [1.807, 2.05) is 3.88 Å². The summed E-state index contributed by atoms with van der Waals surface area (Å²) in [7, 11) is 0. The number of allylic oxidation sites excluding steroid dienone is 5. The average Bonchev–Trinajstić information content (AvgIpc) is 2.86. The predicted octanol–water partition coefficient (Wildman–Crippen LogP) is 0.522. The van der Waals surface area contributed by atoms with Crippen LogP contribution in [0.25, 0.3) is 6.08 Å². The summed E-state index contributed by atoms with van der Waals surface area (Å²) < 4.78 is 2.78. The first-order valence-electron chi connectivity index (χ1n) is 7.69. The van der Waals surface area contributed by atoms with Gasteiger partial charge in [0, 0.05) is 0 Å². The van der Waals surface area contributed by atoms with Crippen LogP contribution in [0.15, 0.2) is 51.4 Å². The Hall–Kier alpha value is -0.126. The third-order valence-corrected chi connectivity index (χ3v) is 47.3. The molecule has 5 heteroatoms. The van der Waals surface area contributed by atoms with Crippen molar-refractivity contribution in [3.8, 4) is 0 Å². The molecule has 3 aliphatic rings. The van der Waals surface area contributed by atoms with Gasteiger partial charge >= 0.3 is 133 Å². The molecule has 1 aliphatic heterocycles. The maximum Gasteiger partial charge on any atom is -1.00 e. The smallest absolute Gasteiger partial charge is 1.00 e. The first kappa shape index (κ1) is 19.2. The first-order chi connectivity index (χ1) is 10.1. The van der Waals surface area contributed by atoms with Crippen molar-refractivity contribution in [3.05, 3.63) is 62.6 Å². The van der Waals surface area contributed by atoms with Crippen LogP contribution in [0.1, 0.15) is 35.6 Å². The van der Waals surface area contributed by atoms with Crippen molar-refractivity contribution in [2.45, 2.75) is 24.5 Å². The number of fused-ring (bicyclic) bond motifs is 1. The molecule has 0 N–H and O–H groups in total. The maximum atomic E-state index is 2.63. The van der Waals surface area contributed by atoms with E-state index in [0.717, 1.165) is 4.22 Å². The van der Waals surface area contributed by atoms with Gasteiger partial charge in [0.1, 0.15) is 0 Å². The van der Waals surface area contributed by atoms with Crippen LogP contribution in [0.3, 0.4) is 0 Å². The van der Waals surface area contributed by atoms with Gasteiger partial charge in [0.25, 0.3) is 0 Å². The Labute approximate surface area is 142 Å². The third-order valence-electron chi connectivity index (χ3n) is 5.47. The maximum absolute atomic E-state index is 2.63. The van der Waals surface area contributed by atoms with E-state index in [9.17, 15) is 0 Å². The Kier molecular flexibility index (Phi) is 5.55. The van der Waals surface area contributed by atoms with Gasteiger partial charge in [-0.25, -0.2) is 0 Å². The minimum Gasteiger partial charge on any atom is -1.00 e. The van der Waals surface area contributed by atoms with Crippen LogP contribution in [0.2, 0.25) is 0 Å². The molecule has 0 aromatic heterocycles. The average molecular weight is 386 g/mol. The van der Waals surface area contributed by atoms with Crippen molar-refractivity contribution >= 4 is 17.3 Å². The van der Waals surface area contributed by atoms with E-state index in [-0.39, 0.29) is 9.41 Å². The van der Waals surface area contributed by atoms with Crippen molar-refractivity contribution in [1.82, 2.24) is 0 Å². The Morgan fingerprint density at radius 2 is 1.70 bits per heavy atom. The second kappa shape index (κ2) is 6.64. The molecule has 0 nitrogen and oxygen atoms in total. The number of rotatable bonds is 2. The molecule has 122 valence electrons. The van der Waals surface area contributed by atoms with Gasteiger partial charge in [-0.15, -0.1) is 0 Å². The summed E-state index contributed by atoms with van der Waals surface area (Å²) in [6.45, 7) is 9.96. The Morgan fingerprint density at radius 1 is 1.04 bits per heavy atom. The van der Waals surface area contributed by atoms with Gasteiger partial charge in [-0.1, -0.05) is 0 Å². The minimum atomic E-state index is -1.90. The van der Waals surface area contributed by atoms with E-state index in [0.29, 0.717) is 11.2 Å². The van der Waals surface area contributed by atoms with E-state index in [4.69, 9.17) is 0 Å². The molecule has 0 bridgehead atoms. The van der Waals surface area contributed by atoms with Crippen molar-refractivity contribution in [1.29, 1.82) is 0 Å². The van der Waals surface area contributed by atoms with Crippen molar-refractivity contribution in [2.24, 2.45) is 0 Å². The number of benzene rings is 1. The molecule has 1 saturated heterocycles. The van der Waals surface area contributed by atoms with Crippen molar-refractivity contribution in [3.63, 3.8) is 0 Å². The van der Waals surface area contributed by atoms with Crippen LogP contribution >= 0.6 is 11.2 Å². The van der Waals surface area contributed by atoms with E-state index in [2.05, 4.69) is 69.7 Å². The molecule has 1 heterocycles. The molecule has 0 amide bonds. The molecule has 4 rings (SSSR count). The van der Waals surface area contributed by atoms with Gasteiger partial charge in [-0.05, 0) is 0 Å². The van der Waals surface area contributed by atoms with Gasteiger partial charge in [0.15, 0.2) is 0 Å². The fourth-order valence-corrected chi connectivity index (χ4v) is 57.0. The molecular weight excluding hydrogens is 364 g/mol. The predicted molar refractivity (Wildman–Crippen MR) is 95.0 cm³/mol. The second-order valence-corrected chi connectivity index (χ2v) is 33.5. The van der Waals surface area contributed by atoms with Gasteiger partial charge in [-0.3, -0.25) is 0 Å². The molecule has 0 radical (unpaired) electrons. The molecule has 3 unspecified atom stereocenters. The van der Waals surface area contributed by atoms with E-state index >= 15 is 0 Å². The first-order valence-corrected chi connectivity index (χ1v) is 17.8. The molecule has 1 fully saturated rings. The van der Waals surface area contributed by atoms with E-state index in [1.165, 1.54) is 12.0 Å². The van der Waals surface area contributed by atoms with Gasteiger partial charge < -0.3 is 9.41 Å². The quantitative estimate of drug-likeness (QED) is 0.514. The molecule has 0 saturated carbocycles. The van der Waals surface area contributed by atoms with Crippen molar-refractivity contribution in [2.75, 3.05) is 13.3 Å². The van der Waals surface area contributed by atoms with E-state index < -0.39 is 15.6 Å². The Bertz CT molecular complexity index is 715. The fraction of sp³-hybridized carbons (Fsp3) is 0.333. The zero-order chi connectivity index (χ0) is 14.8. The molecule has 1 aromatic rings. The molecule has 0 spiro atoms. The zero-order valence-corrected chi connectivity index (χ0v) is 17.3. The normalized spacial score (nSPS) is 31.0. The van der Waals surface area contributed by atoms with Crippen LogP contribution in [0, 0.1) is 0 Å². The monoisotopic (exact) mass is 386 g/mol. The summed E-state index contributed by atoms with van der Waals surface area (Å²) in [5.41, 5.74) is 7.07. The largest absolute Gasteiger partial charge is 1.00 e. The summed E-state index contributed by atoms with van der Waals surface area (Å²) in [6, 6.07) is 9.14. The van der Waals surface area contributed by atoms with Crippen LogP contribution in [0.4, 0.5) is 0 Å². The number of hydrogen-bond donors (Lipinski definition) is 0. The fourth-order valence-electron chi connectivity index (χ4n) is 4.39. The van der Waals surface area contributed by atoms with E-state index in [1.54, 1.807) is 16.7 Å². The minimum absolute atomic E-state index is 0. The van der Waals surface area contributed by atoms with Gasteiger partial charge in [0.05, 0.1) is 0 Å². The number of hydrogen-bond acceptors (Lipinski definition) is 0. The summed E-state index contributed by atoms with van der Waals surface area (Å²) in [6.07, 6.45) is 8.77. The summed E-state index contributed by atoms with van der Waals surface area (Å²) in [4.78, 5) is 0.